The van der Waals surface area contributed by atoms with Crippen molar-refractivity contribution >= 4 is 5.95 Å². The molecule has 0 radical (unpaired) electrons. The fourth-order valence-electron chi connectivity index (χ4n) is 4.24. The SMILES string of the molecule is NC1CCC(Nc2ncc(F)c(-c3cnn4c3CC3(CC3)C4)n2)CC1. The van der Waals surface area contributed by atoms with Gasteiger partial charge in [-0.3, -0.25) is 4.68 Å². The first-order valence-electron chi connectivity index (χ1n) is 9.22. The third-order valence-corrected chi connectivity index (χ3v) is 6.04. The van der Waals surface area contributed by atoms with E-state index in [1.165, 1.54) is 19.0 Å². The lowest BCUT2D eigenvalue weighted by molar-refractivity contribution is 0.409. The van der Waals surface area contributed by atoms with Crippen molar-refractivity contribution in [3.8, 4) is 11.3 Å². The van der Waals surface area contributed by atoms with Crippen molar-refractivity contribution in [1.29, 1.82) is 0 Å². The largest absolute Gasteiger partial charge is 0.351 e. The highest BCUT2D eigenvalue weighted by Gasteiger charge is 2.48. The second-order valence-electron chi connectivity index (χ2n) is 7.99. The quantitative estimate of drug-likeness (QED) is 0.896. The van der Waals surface area contributed by atoms with Gasteiger partial charge in [-0.2, -0.15) is 5.10 Å². The Balaban J connectivity index is 1.41. The average molecular weight is 342 g/mol. The molecule has 25 heavy (non-hydrogen) atoms. The summed E-state index contributed by atoms with van der Waals surface area (Å²) < 4.78 is 16.5. The predicted molar refractivity (Wildman–Crippen MR) is 92.4 cm³/mol. The molecule has 0 bridgehead atoms. The van der Waals surface area contributed by atoms with Gasteiger partial charge in [-0.15, -0.1) is 0 Å². The minimum absolute atomic E-state index is 0.299. The molecule has 5 rings (SSSR count). The van der Waals surface area contributed by atoms with Crippen molar-refractivity contribution in [2.45, 2.75) is 63.6 Å². The van der Waals surface area contributed by atoms with E-state index in [0.717, 1.165) is 49.9 Å². The minimum Gasteiger partial charge on any atom is -0.351 e. The number of nitrogens with zero attached hydrogens (tertiary/aromatic N) is 4. The molecule has 2 saturated carbocycles. The Bertz CT molecular complexity index is 804. The molecule has 6 nitrogen and oxygen atoms in total. The smallest absolute Gasteiger partial charge is 0.223 e. The Hall–Kier alpha value is -2.02. The molecule has 0 saturated heterocycles. The molecule has 0 aromatic carbocycles. The number of fused-ring (bicyclic) bond motifs is 1. The molecule has 7 heteroatoms. The molecule has 2 aliphatic carbocycles. The number of aromatic nitrogens is 4. The number of nitrogens with two attached hydrogens (primary N) is 1. The van der Waals surface area contributed by atoms with Crippen LogP contribution in [0.25, 0.3) is 11.3 Å². The van der Waals surface area contributed by atoms with Gasteiger partial charge in [0, 0.05) is 29.9 Å². The summed E-state index contributed by atoms with van der Waals surface area (Å²) in [6, 6.07) is 0.609. The third kappa shape index (κ3) is 2.70. The maximum Gasteiger partial charge on any atom is 0.223 e. The zero-order valence-electron chi connectivity index (χ0n) is 14.2. The van der Waals surface area contributed by atoms with E-state index in [2.05, 4.69) is 20.4 Å². The van der Waals surface area contributed by atoms with E-state index in [0.29, 0.717) is 29.1 Å². The van der Waals surface area contributed by atoms with Gasteiger partial charge >= 0.3 is 0 Å². The summed E-state index contributed by atoms with van der Waals surface area (Å²) in [5.74, 6) is 0.111. The first kappa shape index (κ1) is 15.3. The van der Waals surface area contributed by atoms with Crippen LogP contribution in [0.2, 0.25) is 0 Å². The molecule has 0 unspecified atom stereocenters. The van der Waals surface area contributed by atoms with Crippen LogP contribution in [0.4, 0.5) is 10.3 Å². The van der Waals surface area contributed by atoms with Gasteiger partial charge in [0.1, 0.15) is 5.69 Å². The van der Waals surface area contributed by atoms with Gasteiger partial charge in [0.25, 0.3) is 0 Å². The Morgan fingerprint density at radius 3 is 2.76 bits per heavy atom. The number of hydrogen-bond acceptors (Lipinski definition) is 5. The van der Waals surface area contributed by atoms with Crippen LogP contribution in [-0.2, 0) is 13.0 Å². The van der Waals surface area contributed by atoms with E-state index < -0.39 is 0 Å². The highest BCUT2D eigenvalue weighted by molar-refractivity contribution is 5.63. The third-order valence-electron chi connectivity index (χ3n) is 6.04. The number of nitrogens with one attached hydrogen (secondary N) is 1. The van der Waals surface area contributed by atoms with E-state index in [9.17, 15) is 4.39 Å². The Morgan fingerprint density at radius 1 is 1.20 bits per heavy atom. The molecule has 3 heterocycles. The molecular weight excluding hydrogens is 319 g/mol. The molecule has 132 valence electrons. The average Bonchev–Trinajstić information content (AvgIpc) is 3.10. The Kier molecular flexibility index (Phi) is 3.35. The minimum atomic E-state index is -0.385. The molecular formula is C18H23FN6. The summed E-state index contributed by atoms with van der Waals surface area (Å²) in [5.41, 5.74) is 8.65. The molecule has 1 aliphatic heterocycles. The predicted octanol–water partition coefficient (Wildman–Crippen LogP) is 2.50. The lowest BCUT2D eigenvalue weighted by Crippen LogP contribution is -2.33. The standard InChI is InChI=1S/C18H23FN6/c19-14-9-21-17(23-12-3-1-11(20)2-4-12)24-16(14)13-8-22-25-10-18(5-6-18)7-15(13)25/h8-9,11-12H,1-7,10,20H2,(H,21,23,24). The van der Waals surface area contributed by atoms with Gasteiger partial charge in [-0.05, 0) is 50.4 Å². The Morgan fingerprint density at radius 2 is 2.00 bits per heavy atom. The van der Waals surface area contributed by atoms with E-state index >= 15 is 0 Å². The second kappa shape index (κ2) is 5.49. The fourth-order valence-corrected chi connectivity index (χ4v) is 4.24. The molecule has 2 aromatic heterocycles. The van der Waals surface area contributed by atoms with Crippen molar-refractivity contribution < 1.29 is 4.39 Å². The summed E-state index contributed by atoms with van der Waals surface area (Å²) in [6.07, 6.45) is 10.5. The van der Waals surface area contributed by atoms with Gasteiger partial charge in [-0.1, -0.05) is 0 Å². The molecule has 3 N–H and O–H groups in total. The summed E-state index contributed by atoms with van der Waals surface area (Å²) in [5, 5.41) is 7.81. The lowest BCUT2D eigenvalue weighted by atomic mass is 9.92. The topological polar surface area (TPSA) is 81.6 Å². The summed E-state index contributed by atoms with van der Waals surface area (Å²) in [4.78, 5) is 8.63. The van der Waals surface area contributed by atoms with Crippen LogP contribution < -0.4 is 11.1 Å². The molecule has 0 atom stereocenters. The van der Waals surface area contributed by atoms with Crippen molar-refractivity contribution in [1.82, 2.24) is 19.7 Å². The van der Waals surface area contributed by atoms with Crippen LogP contribution in [0.1, 0.15) is 44.2 Å². The Labute approximate surface area is 146 Å². The van der Waals surface area contributed by atoms with E-state index in [-0.39, 0.29) is 5.82 Å². The van der Waals surface area contributed by atoms with Crippen LogP contribution in [0.5, 0.6) is 0 Å². The van der Waals surface area contributed by atoms with Crippen LogP contribution in [-0.4, -0.2) is 31.8 Å². The first-order valence-corrected chi connectivity index (χ1v) is 9.22. The summed E-state index contributed by atoms with van der Waals surface area (Å²) in [7, 11) is 0. The zero-order valence-corrected chi connectivity index (χ0v) is 14.2. The summed E-state index contributed by atoms with van der Waals surface area (Å²) in [6.45, 7) is 0.961. The maximum atomic E-state index is 14.4. The maximum absolute atomic E-state index is 14.4. The monoisotopic (exact) mass is 342 g/mol. The highest BCUT2D eigenvalue weighted by Crippen LogP contribution is 2.54. The second-order valence-corrected chi connectivity index (χ2v) is 7.99. The molecule has 3 aliphatic rings. The van der Waals surface area contributed by atoms with Crippen LogP contribution in [0.15, 0.2) is 12.4 Å². The van der Waals surface area contributed by atoms with Crippen LogP contribution in [0, 0.1) is 11.2 Å². The molecule has 1 spiro atoms. The van der Waals surface area contributed by atoms with Gasteiger partial charge in [-0.25, -0.2) is 14.4 Å². The normalized spacial score (nSPS) is 26.6. The van der Waals surface area contributed by atoms with Gasteiger partial charge < -0.3 is 11.1 Å². The van der Waals surface area contributed by atoms with Crippen molar-refractivity contribution in [3.63, 3.8) is 0 Å². The van der Waals surface area contributed by atoms with Crippen LogP contribution in [0.3, 0.4) is 0 Å². The van der Waals surface area contributed by atoms with E-state index in [1.54, 1.807) is 6.20 Å². The van der Waals surface area contributed by atoms with Crippen molar-refractivity contribution in [2.24, 2.45) is 11.1 Å². The van der Waals surface area contributed by atoms with Crippen LogP contribution >= 0.6 is 0 Å². The number of rotatable bonds is 3. The lowest BCUT2D eigenvalue weighted by Gasteiger charge is -2.26. The van der Waals surface area contributed by atoms with Gasteiger partial charge in [0.05, 0.1) is 12.4 Å². The zero-order chi connectivity index (χ0) is 17.0. The van der Waals surface area contributed by atoms with Crippen molar-refractivity contribution in [2.75, 3.05) is 5.32 Å². The number of anilines is 1. The van der Waals surface area contributed by atoms with E-state index in [1.807, 2.05) is 4.68 Å². The van der Waals surface area contributed by atoms with Gasteiger partial charge in [0.2, 0.25) is 5.95 Å². The highest BCUT2D eigenvalue weighted by atomic mass is 19.1. The van der Waals surface area contributed by atoms with E-state index in [4.69, 9.17) is 5.73 Å². The first-order chi connectivity index (χ1) is 12.1. The molecule has 2 aromatic rings. The van der Waals surface area contributed by atoms with Crippen molar-refractivity contribution in [3.05, 3.63) is 23.9 Å². The number of hydrogen-bond donors (Lipinski definition) is 2. The summed E-state index contributed by atoms with van der Waals surface area (Å²) >= 11 is 0. The molecule has 2 fully saturated rings. The molecule has 0 amide bonds. The number of halogens is 1. The fraction of sp³-hybridized carbons (Fsp3) is 0.611. The van der Waals surface area contributed by atoms with Gasteiger partial charge in [0.15, 0.2) is 5.82 Å².